The molecule has 0 bridgehead atoms. The number of benzene rings is 2. The van der Waals surface area contributed by atoms with Gasteiger partial charge in [-0.1, -0.05) is 110 Å². The molecule has 4 aromatic rings. The topological polar surface area (TPSA) is 182 Å². The molecule has 2 aliphatic heterocycles. The van der Waals surface area contributed by atoms with E-state index in [1.807, 2.05) is 71.5 Å². The van der Waals surface area contributed by atoms with Gasteiger partial charge in [0.1, 0.15) is 5.69 Å². The van der Waals surface area contributed by atoms with Gasteiger partial charge in [0, 0.05) is 62.8 Å². The van der Waals surface area contributed by atoms with Crippen LogP contribution in [-0.4, -0.2) is 102 Å². The Hall–Kier alpha value is -3.66. The molecule has 2 aromatic carbocycles. The van der Waals surface area contributed by atoms with Crippen molar-refractivity contribution in [3.8, 4) is 0 Å². The van der Waals surface area contributed by atoms with Crippen molar-refractivity contribution in [1.29, 1.82) is 0 Å². The van der Waals surface area contributed by atoms with E-state index in [0.29, 0.717) is 36.6 Å². The number of aromatic nitrogens is 4. The summed E-state index contributed by atoms with van der Waals surface area (Å²) in [5.41, 5.74) is 3.78. The first-order valence-corrected chi connectivity index (χ1v) is 25.7. The molecular weight excluding hydrogens is 894 g/mol. The van der Waals surface area contributed by atoms with E-state index in [0.717, 1.165) is 73.9 Å². The normalized spacial score (nSPS) is 19.1. The van der Waals surface area contributed by atoms with Gasteiger partial charge in [-0.2, -0.15) is 0 Å². The van der Waals surface area contributed by atoms with Crippen LogP contribution in [0, 0.1) is 5.92 Å². The second kappa shape index (κ2) is 30.4. The molecule has 3 N–H and O–H groups in total. The van der Waals surface area contributed by atoms with E-state index in [4.69, 9.17) is 9.84 Å². The predicted octanol–water partition coefficient (Wildman–Crippen LogP) is 7.80. The number of carboxylic acids is 1. The van der Waals surface area contributed by atoms with Crippen LogP contribution in [0.25, 0.3) is 22.1 Å². The molecule has 2 atom stereocenters. The first-order valence-electron chi connectivity index (χ1n) is 25.7. The molecule has 384 valence electrons. The Balaban J connectivity index is 0.000000351. The second-order valence-electron chi connectivity index (χ2n) is 19.8. The summed E-state index contributed by atoms with van der Waals surface area (Å²) in [5, 5.41) is 12.3. The van der Waals surface area contributed by atoms with Gasteiger partial charge in [0.05, 0.1) is 35.1 Å². The fraction of sp³-hybridized carbons (Fsp3) is 0.673. The minimum atomic E-state index is -0.833. The van der Waals surface area contributed by atoms with Crippen molar-refractivity contribution in [2.45, 2.75) is 201 Å². The third-order valence-corrected chi connectivity index (χ3v) is 14.8. The van der Waals surface area contributed by atoms with Gasteiger partial charge in [0.2, 0.25) is 0 Å². The van der Waals surface area contributed by atoms with Gasteiger partial charge in [-0.05, 0) is 102 Å². The average Bonchev–Trinajstić information content (AvgIpc) is 3.27. The molecule has 14 nitrogen and oxygen atoms in total. The molecule has 0 spiro atoms. The van der Waals surface area contributed by atoms with E-state index >= 15 is 0 Å². The van der Waals surface area contributed by atoms with Gasteiger partial charge in [-0.15, -0.1) is 0 Å². The van der Waals surface area contributed by atoms with Crippen molar-refractivity contribution in [1.82, 2.24) is 28.9 Å². The zero-order valence-electron chi connectivity index (χ0n) is 41.6. The number of fused-ring (bicyclic) bond motifs is 2. The van der Waals surface area contributed by atoms with E-state index in [2.05, 4.69) is 25.1 Å². The van der Waals surface area contributed by atoms with Gasteiger partial charge < -0.3 is 39.6 Å². The van der Waals surface area contributed by atoms with Crippen molar-refractivity contribution in [2.24, 2.45) is 5.92 Å². The van der Waals surface area contributed by atoms with E-state index < -0.39 is 5.97 Å². The van der Waals surface area contributed by atoms with Crippen LogP contribution in [0.3, 0.4) is 0 Å². The Morgan fingerprint density at radius 3 is 1.53 bits per heavy atom. The number of anilines is 1. The SMILES string of the molecule is C.C.CC(CC(=O)O)Cc1nc2ccccc2n(C2CCN(C3CCCCCCC3)CC2)c1=O.CCOC(=O)CC(C)Nc1nc2ccccc2n(C2CCN(C3CCCCCCC3)CC2)c1=O.[Na+].[OH-]. The second-order valence-corrected chi connectivity index (χ2v) is 19.8. The molecule has 8 rings (SSSR count). The Bertz CT molecular complexity index is 2310. The minimum Gasteiger partial charge on any atom is -0.870 e. The zero-order valence-corrected chi connectivity index (χ0v) is 43.6. The number of piperidine rings is 2. The van der Waals surface area contributed by atoms with E-state index in [1.165, 1.54) is 89.9 Å². The number of nitrogens with one attached hydrogen (secondary N) is 1. The molecule has 2 unspecified atom stereocenters. The van der Waals surface area contributed by atoms with Gasteiger partial charge >= 0.3 is 41.5 Å². The molecule has 0 amide bonds. The standard InChI is InChI=1S/C27H40N4O3.C26H37N3O3.2CH4.Na.H2O/c1-3-34-25(32)19-20(2)28-26-27(33)31(24-14-10-9-13-23(24)29-26)22-15-17-30(18-16-22)21-11-7-5-4-6-8-12-21;1-19(18-25(30)31)17-23-26(32)29(24-12-8-7-11-22(24)27-23)21-13-15-28(16-14-21)20-9-5-3-2-4-6-10-20;;;;/h9-10,13-14,20-22H,3-8,11-12,15-19H2,1-2H3,(H,28,29);7-8,11-12,19-21H,2-6,9-10,13-18H2,1H3,(H,30,31);2*1H4;;1H2/q;;;;+1;/p-1. The molecule has 4 aliphatic rings. The van der Waals surface area contributed by atoms with Gasteiger partial charge in [-0.3, -0.25) is 19.2 Å². The largest absolute Gasteiger partial charge is 1.00 e. The number of rotatable bonds is 13. The molecule has 2 aliphatic carbocycles. The molecule has 70 heavy (non-hydrogen) atoms. The summed E-state index contributed by atoms with van der Waals surface area (Å²) < 4.78 is 8.99. The van der Waals surface area contributed by atoms with Crippen molar-refractivity contribution < 1.29 is 54.5 Å². The fourth-order valence-electron chi connectivity index (χ4n) is 11.4. The number of carbonyl (C=O) groups excluding carboxylic acids is 1. The Morgan fingerprint density at radius 1 is 0.643 bits per heavy atom. The smallest absolute Gasteiger partial charge is 0.870 e. The number of hydrogen-bond donors (Lipinski definition) is 2. The molecule has 2 saturated heterocycles. The summed E-state index contributed by atoms with van der Waals surface area (Å²) in [6.07, 6.45) is 23.5. The minimum absolute atomic E-state index is 0. The number of hydrogen-bond acceptors (Lipinski definition) is 11. The molecule has 15 heteroatoms. The molecule has 2 saturated carbocycles. The third kappa shape index (κ3) is 16.4. The van der Waals surface area contributed by atoms with Crippen LogP contribution < -0.4 is 46.0 Å². The van der Waals surface area contributed by atoms with Gasteiger partial charge in [-0.25, -0.2) is 9.97 Å². The summed E-state index contributed by atoms with van der Waals surface area (Å²) in [6.45, 7) is 10.1. The van der Waals surface area contributed by atoms with Crippen LogP contribution in [0.4, 0.5) is 5.82 Å². The van der Waals surface area contributed by atoms with Crippen molar-refractivity contribution >= 4 is 39.8 Å². The quantitative estimate of drug-likeness (QED) is 0.0982. The van der Waals surface area contributed by atoms with Crippen LogP contribution in [-0.2, 0) is 20.7 Å². The fourth-order valence-corrected chi connectivity index (χ4v) is 11.4. The summed E-state index contributed by atoms with van der Waals surface area (Å²) >= 11 is 0. The van der Waals surface area contributed by atoms with Crippen molar-refractivity contribution in [2.75, 3.05) is 38.1 Å². The first-order chi connectivity index (χ1) is 32.1. The Labute approximate surface area is 440 Å². The maximum absolute atomic E-state index is 13.6. The molecular formula is C55H86N7NaO7. The molecule has 0 radical (unpaired) electrons. The van der Waals surface area contributed by atoms with Crippen molar-refractivity contribution in [3.05, 3.63) is 74.9 Å². The Kier molecular flexibility index (Phi) is 26.3. The summed E-state index contributed by atoms with van der Waals surface area (Å²) in [5.74, 6) is -0.910. The molecule has 2 aromatic heterocycles. The van der Waals surface area contributed by atoms with E-state index in [9.17, 15) is 19.2 Å². The average molecular weight is 980 g/mol. The van der Waals surface area contributed by atoms with Crippen LogP contribution in [0.1, 0.15) is 182 Å². The Morgan fingerprint density at radius 2 is 1.07 bits per heavy atom. The van der Waals surface area contributed by atoms with Crippen LogP contribution in [0.15, 0.2) is 58.1 Å². The van der Waals surface area contributed by atoms with Crippen molar-refractivity contribution in [3.63, 3.8) is 0 Å². The number of carboxylic acid groups (broad SMARTS) is 1. The summed E-state index contributed by atoms with van der Waals surface area (Å²) in [7, 11) is 0. The number of para-hydroxylation sites is 4. The van der Waals surface area contributed by atoms with E-state index in [1.54, 1.807) is 6.92 Å². The number of likely N-dealkylation sites (tertiary alicyclic amines) is 2. The number of aliphatic carboxylic acids is 1. The third-order valence-electron chi connectivity index (χ3n) is 14.8. The molecule has 4 heterocycles. The van der Waals surface area contributed by atoms with Crippen LogP contribution >= 0.6 is 0 Å². The van der Waals surface area contributed by atoms with Crippen LogP contribution in [0.2, 0.25) is 0 Å². The van der Waals surface area contributed by atoms with Crippen LogP contribution in [0.5, 0.6) is 0 Å². The predicted molar refractivity (Wildman–Crippen MR) is 279 cm³/mol. The number of nitrogens with zero attached hydrogens (tertiary/aromatic N) is 6. The van der Waals surface area contributed by atoms with Gasteiger partial charge in [0.25, 0.3) is 11.1 Å². The molecule has 4 fully saturated rings. The maximum atomic E-state index is 13.6. The summed E-state index contributed by atoms with van der Waals surface area (Å²) in [6, 6.07) is 17.2. The number of carbonyl (C=O) groups is 2. The van der Waals surface area contributed by atoms with E-state index in [-0.39, 0.29) is 104 Å². The number of esters is 1. The maximum Gasteiger partial charge on any atom is 1.00 e. The zero-order chi connectivity index (χ0) is 46.4. The first kappa shape index (κ1) is 60.6. The monoisotopic (exact) mass is 980 g/mol. The van der Waals surface area contributed by atoms with Gasteiger partial charge in [0.15, 0.2) is 5.82 Å². The number of ether oxygens (including phenoxy) is 1. The summed E-state index contributed by atoms with van der Waals surface area (Å²) in [4.78, 5) is 64.7.